The maximum atomic E-state index is 6.07. The van der Waals surface area contributed by atoms with Gasteiger partial charge < -0.3 is 4.42 Å². The van der Waals surface area contributed by atoms with Gasteiger partial charge in [-0.1, -0.05) is 23.7 Å². The minimum atomic E-state index is 0.522. The van der Waals surface area contributed by atoms with Crippen molar-refractivity contribution in [3.63, 3.8) is 0 Å². The molecular formula is C12H7ClN2O. The van der Waals surface area contributed by atoms with E-state index in [9.17, 15) is 0 Å². The molecule has 1 aromatic carbocycles. The van der Waals surface area contributed by atoms with Crippen molar-refractivity contribution in [1.29, 1.82) is 0 Å². The zero-order valence-corrected chi connectivity index (χ0v) is 8.98. The summed E-state index contributed by atoms with van der Waals surface area (Å²) in [6, 6.07) is 9.26. The minimum Gasteiger partial charge on any atom is -0.434 e. The van der Waals surface area contributed by atoms with E-state index in [1.54, 1.807) is 18.5 Å². The molecule has 0 aliphatic rings. The topological polar surface area (TPSA) is 38.9 Å². The van der Waals surface area contributed by atoms with Gasteiger partial charge in [0.25, 0.3) is 0 Å². The van der Waals surface area contributed by atoms with Crippen LogP contribution in [0.25, 0.3) is 22.6 Å². The van der Waals surface area contributed by atoms with E-state index in [1.165, 1.54) is 0 Å². The Kier molecular flexibility index (Phi) is 2.11. The lowest BCUT2D eigenvalue weighted by atomic mass is 10.2. The van der Waals surface area contributed by atoms with Crippen LogP contribution in [-0.4, -0.2) is 9.97 Å². The number of oxazole rings is 1. The van der Waals surface area contributed by atoms with Crippen LogP contribution in [0.1, 0.15) is 0 Å². The highest BCUT2D eigenvalue weighted by molar-refractivity contribution is 6.33. The Morgan fingerprint density at radius 1 is 1.12 bits per heavy atom. The fourth-order valence-corrected chi connectivity index (χ4v) is 1.75. The number of rotatable bonds is 1. The number of pyridine rings is 1. The van der Waals surface area contributed by atoms with Crippen molar-refractivity contribution in [3.05, 3.63) is 47.7 Å². The van der Waals surface area contributed by atoms with Gasteiger partial charge in [-0.05, 0) is 18.2 Å². The number of aromatic nitrogens is 2. The molecule has 78 valence electrons. The van der Waals surface area contributed by atoms with Gasteiger partial charge >= 0.3 is 0 Å². The molecule has 0 atom stereocenters. The Morgan fingerprint density at radius 3 is 2.81 bits per heavy atom. The van der Waals surface area contributed by atoms with Crippen molar-refractivity contribution in [2.24, 2.45) is 0 Å². The Bertz CT molecular complexity index is 615. The molecule has 16 heavy (non-hydrogen) atoms. The maximum absolute atomic E-state index is 6.07. The van der Waals surface area contributed by atoms with Gasteiger partial charge in [-0.3, -0.25) is 4.98 Å². The molecular weight excluding hydrogens is 224 g/mol. The van der Waals surface area contributed by atoms with Gasteiger partial charge in [0.1, 0.15) is 5.52 Å². The molecule has 3 nitrogen and oxygen atoms in total. The van der Waals surface area contributed by atoms with Crippen molar-refractivity contribution >= 4 is 22.7 Å². The molecule has 0 saturated carbocycles. The summed E-state index contributed by atoms with van der Waals surface area (Å²) in [6.45, 7) is 0. The number of fused-ring (bicyclic) bond motifs is 1. The fourth-order valence-electron chi connectivity index (χ4n) is 1.53. The lowest BCUT2D eigenvalue weighted by Gasteiger charge is -1.96. The molecule has 0 aliphatic carbocycles. The molecule has 3 rings (SSSR count). The fraction of sp³-hybridized carbons (Fsp3) is 0. The summed E-state index contributed by atoms with van der Waals surface area (Å²) in [5, 5.41) is 0.627. The molecule has 0 unspecified atom stereocenters. The van der Waals surface area contributed by atoms with Gasteiger partial charge in [-0.2, -0.15) is 0 Å². The average molecular weight is 231 g/mol. The molecule has 2 aromatic heterocycles. The molecule has 0 amide bonds. The zero-order valence-electron chi connectivity index (χ0n) is 8.22. The van der Waals surface area contributed by atoms with Gasteiger partial charge in [0.05, 0.1) is 16.8 Å². The van der Waals surface area contributed by atoms with Crippen LogP contribution in [0, 0.1) is 0 Å². The summed E-state index contributed by atoms with van der Waals surface area (Å²) in [4.78, 5) is 8.33. The number of benzene rings is 1. The molecule has 3 aromatic rings. The second-order valence-corrected chi connectivity index (χ2v) is 3.75. The highest BCUT2D eigenvalue weighted by Crippen LogP contribution is 2.29. The van der Waals surface area contributed by atoms with Gasteiger partial charge in [0.15, 0.2) is 5.58 Å². The van der Waals surface area contributed by atoms with E-state index in [0.717, 1.165) is 11.1 Å². The Balaban J connectivity index is 2.23. The van der Waals surface area contributed by atoms with Gasteiger partial charge in [-0.15, -0.1) is 0 Å². The molecule has 0 radical (unpaired) electrons. The maximum Gasteiger partial charge on any atom is 0.228 e. The largest absolute Gasteiger partial charge is 0.434 e. The van der Waals surface area contributed by atoms with Crippen LogP contribution in [-0.2, 0) is 0 Å². The summed E-state index contributed by atoms with van der Waals surface area (Å²) in [7, 11) is 0. The van der Waals surface area contributed by atoms with E-state index < -0.39 is 0 Å². The Labute approximate surface area is 96.7 Å². The third-order valence-corrected chi connectivity index (χ3v) is 2.63. The van der Waals surface area contributed by atoms with Crippen LogP contribution in [0.5, 0.6) is 0 Å². The van der Waals surface area contributed by atoms with Crippen molar-refractivity contribution in [2.45, 2.75) is 0 Å². The summed E-state index contributed by atoms with van der Waals surface area (Å²) in [5.41, 5.74) is 2.24. The quantitative estimate of drug-likeness (QED) is 0.642. The predicted molar refractivity (Wildman–Crippen MR) is 62.3 cm³/mol. The first-order valence-electron chi connectivity index (χ1n) is 4.80. The van der Waals surface area contributed by atoms with E-state index in [-0.39, 0.29) is 0 Å². The van der Waals surface area contributed by atoms with Crippen molar-refractivity contribution in [2.75, 3.05) is 0 Å². The number of hydrogen-bond donors (Lipinski definition) is 0. The number of hydrogen-bond acceptors (Lipinski definition) is 3. The zero-order chi connectivity index (χ0) is 11.0. The summed E-state index contributed by atoms with van der Waals surface area (Å²) < 4.78 is 5.58. The minimum absolute atomic E-state index is 0.522. The van der Waals surface area contributed by atoms with Gasteiger partial charge in [-0.25, -0.2) is 4.98 Å². The normalized spacial score (nSPS) is 10.8. The lowest BCUT2D eigenvalue weighted by molar-refractivity contribution is 0.618. The van der Waals surface area contributed by atoms with Gasteiger partial charge in [0, 0.05) is 6.20 Å². The first kappa shape index (κ1) is 9.36. The van der Waals surface area contributed by atoms with Crippen molar-refractivity contribution in [1.82, 2.24) is 9.97 Å². The molecule has 2 heterocycles. The Morgan fingerprint density at radius 2 is 2.00 bits per heavy atom. The van der Waals surface area contributed by atoms with Crippen LogP contribution in [0.4, 0.5) is 0 Å². The first-order valence-corrected chi connectivity index (χ1v) is 5.18. The molecule has 0 spiro atoms. The first-order chi connectivity index (χ1) is 7.84. The molecule has 0 saturated heterocycles. The average Bonchev–Trinajstić information content (AvgIpc) is 2.73. The Hall–Kier alpha value is -1.87. The molecule has 0 aliphatic heterocycles. The van der Waals surface area contributed by atoms with Gasteiger partial charge in [0.2, 0.25) is 5.89 Å². The van der Waals surface area contributed by atoms with Crippen LogP contribution < -0.4 is 0 Å². The molecule has 4 heteroatoms. The van der Waals surface area contributed by atoms with E-state index in [2.05, 4.69) is 9.97 Å². The molecule has 0 N–H and O–H groups in total. The predicted octanol–water partition coefficient (Wildman–Crippen LogP) is 3.54. The van der Waals surface area contributed by atoms with E-state index in [4.69, 9.17) is 16.0 Å². The van der Waals surface area contributed by atoms with Crippen molar-refractivity contribution in [3.8, 4) is 11.5 Å². The van der Waals surface area contributed by atoms with Crippen LogP contribution in [0.3, 0.4) is 0 Å². The van der Waals surface area contributed by atoms with E-state index in [0.29, 0.717) is 16.5 Å². The summed E-state index contributed by atoms with van der Waals surface area (Å²) in [6.07, 6.45) is 3.32. The summed E-state index contributed by atoms with van der Waals surface area (Å²) >= 11 is 6.07. The van der Waals surface area contributed by atoms with Crippen LogP contribution in [0.15, 0.2) is 47.1 Å². The third kappa shape index (κ3) is 1.46. The standard InChI is InChI=1S/C12H7ClN2O/c13-9-4-2-1-3-8(9)12-15-10-5-6-14-7-11(10)16-12/h1-7H. The number of nitrogens with zero attached hydrogens (tertiary/aromatic N) is 2. The molecule has 0 bridgehead atoms. The van der Waals surface area contributed by atoms with Crippen LogP contribution >= 0.6 is 11.6 Å². The highest BCUT2D eigenvalue weighted by Gasteiger charge is 2.10. The molecule has 0 fully saturated rings. The monoisotopic (exact) mass is 230 g/mol. The van der Waals surface area contributed by atoms with E-state index in [1.807, 2.05) is 24.3 Å². The second kappa shape index (κ2) is 3.61. The third-order valence-electron chi connectivity index (χ3n) is 2.30. The van der Waals surface area contributed by atoms with Crippen molar-refractivity contribution < 1.29 is 4.42 Å². The van der Waals surface area contributed by atoms with Crippen LogP contribution in [0.2, 0.25) is 5.02 Å². The highest BCUT2D eigenvalue weighted by atomic mass is 35.5. The second-order valence-electron chi connectivity index (χ2n) is 3.34. The smallest absolute Gasteiger partial charge is 0.228 e. The summed E-state index contributed by atoms with van der Waals surface area (Å²) in [5.74, 6) is 0.522. The SMILES string of the molecule is Clc1ccccc1-c1nc2ccncc2o1. The lowest BCUT2D eigenvalue weighted by Crippen LogP contribution is -1.77. The number of halogens is 1. The van der Waals surface area contributed by atoms with E-state index >= 15 is 0 Å².